The minimum absolute atomic E-state index is 0.670. The lowest BCUT2D eigenvalue weighted by molar-refractivity contribution is 1.03. The molecule has 5 heteroatoms. The molecule has 11 rings (SSSR count). The maximum Gasteiger partial charge on any atom is 0.160 e. The molecule has 0 fully saturated rings. The molecule has 61 heavy (non-hydrogen) atoms. The molecular weight excluding hydrogens is 743 g/mol. The van der Waals surface area contributed by atoms with Crippen molar-refractivity contribution in [3.63, 3.8) is 0 Å². The van der Waals surface area contributed by atoms with Gasteiger partial charge in [-0.05, 0) is 84.1 Å². The topological polar surface area (TPSA) is 56.5 Å². The molecule has 3 heterocycles. The van der Waals surface area contributed by atoms with E-state index < -0.39 is 0 Å². The fourth-order valence-electron chi connectivity index (χ4n) is 8.45. The molecular formula is C56H39N5. The molecule has 0 saturated heterocycles. The van der Waals surface area contributed by atoms with Crippen LogP contribution in [0.5, 0.6) is 0 Å². The van der Waals surface area contributed by atoms with Crippen LogP contribution in [0.25, 0.3) is 101 Å². The summed E-state index contributed by atoms with van der Waals surface area (Å²) < 4.78 is 2.37. The van der Waals surface area contributed by atoms with E-state index in [4.69, 9.17) is 19.9 Å². The van der Waals surface area contributed by atoms with Crippen molar-refractivity contribution in [3.05, 3.63) is 218 Å². The predicted octanol–water partition coefficient (Wildman–Crippen LogP) is 14.1. The van der Waals surface area contributed by atoms with Crippen molar-refractivity contribution in [2.24, 2.45) is 0 Å². The third-order valence-electron chi connectivity index (χ3n) is 11.4. The summed E-state index contributed by atoms with van der Waals surface area (Å²) in [6.45, 7) is 0. The van der Waals surface area contributed by atoms with Crippen LogP contribution >= 0.6 is 0 Å². The highest BCUT2D eigenvalue weighted by molar-refractivity contribution is 6.09. The van der Waals surface area contributed by atoms with E-state index in [2.05, 4.69) is 174 Å². The number of hydrogen-bond acceptors (Lipinski definition) is 4. The SMILES string of the molecule is C1=CC(c2cc(-c3cc(-c4cccc(-n5c6ccccc6c6ccccc65)c4)cc(-c4cc(-c5ccccc5)nc(-c5ccccc5)n4)c3)nc(-c3ccccc3)n2)=CCC1. The van der Waals surface area contributed by atoms with E-state index in [9.17, 15) is 0 Å². The van der Waals surface area contributed by atoms with E-state index in [1.165, 1.54) is 21.8 Å². The summed E-state index contributed by atoms with van der Waals surface area (Å²) in [5.74, 6) is 1.36. The van der Waals surface area contributed by atoms with Gasteiger partial charge in [0, 0.05) is 44.3 Å². The Kier molecular flexibility index (Phi) is 9.24. The van der Waals surface area contributed by atoms with Gasteiger partial charge < -0.3 is 4.57 Å². The lowest BCUT2D eigenvalue weighted by Crippen LogP contribution is -2.00. The van der Waals surface area contributed by atoms with Gasteiger partial charge in [-0.25, -0.2) is 19.9 Å². The van der Waals surface area contributed by atoms with Gasteiger partial charge in [0.2, 0.25) is 0 Å². The first-order chi connectivity index (χ1) is 30.2. The van der Waals surface area contributed by atoms with E-state index >= 15 is 0 Å². The van der Waals surface area contributed by atoms with Gasteiger partial charge in [-0.1, -0.05) is 158 Å². The van der Waals surface area contributed by atoms with Crippen LogP contribution in [0, 0.1) is 0 Å². The fraction of sp³-hybridized carbons (Fsp3) is 0.0357. The Morgan fingerprint density at radius 1 is 0.344 bits per heavy atom. The third kappa shape index (κ3) is 7.02. The number of aromatic nitrogens is 5. The van der Waals surface area contributed by atoms with Crippen LogP contribution in [-0.4, -0.2) is 24.5 Å². The van der Waals surface area contributed by atoms with Crippen LogP contribution in [-0.2, 0) is 0 Å². The molecule has 0 spiro atoms. The fourth-order valence-corrected chi connectivity index (χ4v) is 8.45. The van der Waals surface area contributed by atoms with Crippen LogP contribution in [0.3, 0.4) is 0 Å². The Morgan fingerprint density at radius 3 is 1.39 bits per heavy atom. The average molecular weight is 782 g/mol. The highest BCUT2D eigenvalue weighted by atomic mass is 15.0. The third-order valence-corrected chi connectivity index (χ3v) is 11.4. The van der Waals surface area contributed by atoms with Crippen molar-refractivity contribution in [2.45, 2.75) is 12.8 Å². The van der Waals surface area contributed by atoms with E-state index in [-0.39, 0.29) is 0 Å². The van der Waals surface area contributed by atoms with Crippen LogP contribution < -0.4 is 0 Å². The molecule has 1 aliphatic rings. The molecule has 1 aliphatic carbocycles. The highest BCUT2D eigenvalue weighted by Crippen LogP contribution is 2.38. The Hall–Kier alpha value is -8.02. The Balaban J connectivity index is 1.15. The van der Waals surface area contributed by atoms with Crippen molar-refractivity contribution in [1.29, 1.82) is 0 Å². The van der Waals surface area contributed by atoms with Gasteiger partial charge in [0.15, 0.2) is 11.6 Å². The van der Waals surface area contributed by atoms with Crippen molar-refractivity contribution < 1.29 is 0 Å². The van der Waals surface area contributed by atoms with Crippen molar-refractivity contribution >= 4 is 27.4 Å². The quantitative estimate of drug-likeness (QED) is 0.154. The predicted molar refractivity (Wildman–Crippen MR) is 251 cm³/mol. The van der Waals surface area contributed by atoms with E-state index in [1.807, 2.05) is 42.5 Å². The maximum atomic E-state index is 5.30. The Labute approximate surface area is 354 Å². The lowest BCUT2D eigenvalue weighted by atomic mass is 9.95. The molecule has 0 radical (unpaired) electrons. The van der Waals surface area contributed by atoms with E-state index in [1.54, 1.807) is 0 Å². The zero-order valence-electron chi connectivity index (χ0n) is 33.4. The molecule has 288 valence electrons. The highest BCUT2D eigenvalue weighted by Gasteiger charge is 2.18. The molecule has 0 N–H and O–H groups in total. The van der Waals surface area contributed by atoms with Gasteiger partial charge >= 0.3 is 0 Å². The molecule has 3 aromatic heterocycles. The molecule has 5 nitrogen and oxygen atoms in total. The van der Waals surface area contributed by atoms with Crippen LogP contribution in [0.15, 0.2) is 212 Å². The van der Waals surface area contributed by atoms with Crippen LogP contribution in [0.1, 0.15) is 18.5 Å². The van der Waals surface area contributed by atoms with Crippen molar-refractivity contribution in [1.82, 2.24) is 24.5 Å². The molecule has 0 aliphatic heterocycles. The monoisotopic (exact) mass is 781 g/mol. The second-order valence-corrected chi connectivity index (χ2v) is 15.4. The summed E-state index contributed by atoms with van der Waals surface area (Å²) in [6.07, 6.45) is 8.70. The second-order valence-electron chi connectivity index (χ2n) is 15.4. The number of nitrogens with zero attached hydrogens (tertiary/aromatic N) is 5. The molecule has 0 amide bonds. The van der Waals surface area contributed by atoms with Crippen molar-refractivity contribution in [3.8, 4) is 73.4 Å². The molecule has 0 saturated carbocycles. The van der Waals surface area contributed by atoms with Crippen LogP contribution in [0.4, 0.5) is 0 Å². The summed E-state index contributed by atoms with van der Waals surface area (Å²) in [6, 6.07) is 68.0. The smallest absolute Gasteiger partial charge is 0.160 e. The number of rotatable bonds is 8. The van der Waals surface area contributed by atoms with Gasteiger partial charge in [-0.3, -0.25) is 0 Å². The normalized spacial score (nSPS) is 12.5. The number of hydrogen-bond donors (Lipinski definition) is 0. The molecule has 0 atom stereocenters. The molecule has 0 bridgehead atoms. The van der Waals surface area contributed by atoms with Gasteiger partial charge in [0.25, 0.3) is 0 Å². The lowest BCUT2D eigenvalue weighted by Gasteiger charge is -2.15. The minimum Gasteiger partial charge on any atom is -0.309 e. The first kappa shape index (κ1) is 36.1. The number of fused-ring (bicyclic) bond motifs is 3. The van der Waals surface area contributed by atoms with Crippen molar-refractivity contribution in [2.75, 3.05) is 0 Å². The van der Waals surface area contributed by atoms with E-state index in [0.29, 0.717) is 11.6 Å². The second kappa shape index (κ2) is 15.6. The largest absolute Gasteiger partial charge is 0.309 e. The zero-order chi connectivity index (χ0) is 40.5. The zero-order valence-corrected chi connectivity index (χ0v) is 33.4. The number of allylic oxidation sites excluding steroid dienone is 4. The average Bonchev–Trinajstić information content (AvgIpc) is 3.69. The summed E-state index contributed by atoms with van der Waals surface area (Å²) >= 11 is 0. The summed E-state index contributed by atoms with van der Waals surface area (Å²) in [5.41, 5.74) is 15.0. The summed E-state index contributed by atoms with van der Waals surface area (Å²) in [5, 5.41) is 2.47. The summed E-state index contributed by atoms with van der Waals surface area (Å²) in [7, 11) is 0. The van der Waals surface area contributed by atoms with Gasteiger partial charge in [0.1, 0.15) is 0 Å². The van der Waals surface area contributed by atoms with Gasteiger partial charge in [-0.2, -0.15) is 0 Å². The Bertz CT molecular complexity index is 3180. The number of benzene rings is 7. The van der Waals surface area contributed by atoms with E-state index in [0.717, 1.165) is 85.8 Å². The van der Waals surface area contributed by atoms with Gasteiger partial charge in [-0.15, -0.1) is 0 Å². The minimum atomic E-state index is 0.670. The number of para-hydroxylation sites is 2. The Morgan fingerprint density at radius 2 is 0.820 bits per heavy atom. The van der Waals surface area contributed by atoms with Gasteiger partial charge in [0.05, 0.1) is 33.8 Å². The first-order valence-electron chi connectivity index (χ1n) is 20.8. The first-order valence-corrected chi connectivity index (χ1v) is 20.8. The maximum absolute atomic E-state index is 5.30. The molecule has 10 aromatic rings. The van der Waals surface area contributed by atoms with Crippen LogP contribution in [0.2, 0.25) is 0 Å². The standard InChI is InChI=1S/C56H39N5/c1-5-18-38(19-6-1)49-36-51(59-55(57-49)40-22-9-3-10-23-40)44-32-43(42-26-17-27-46(35-42)61-53-30-15-13-28-47(53)48-29-14-16-31-54(48)61)33-45(34-44)52-37-50(39-20-7-2-8-21-39)58-56(60-52)41-24-11-4-12-25-41/h1,3-7,9-37H,2,8H2. The molecule has 7 aromatic carbocycles. The summed E-state index contributed by atoms with van der Waals surface area (Å²) in [4.78, 5) is 20.8. The molecule has 0 unspecified atom stereocenters.